The minimum Gasteiger partial charge on any atom is -0.859 e. The molecule has 1 rings (SSSR count). The fourth-order valence-electron chi connectivity index (χ4n) is 0.984. The Morgan fingerprint density at radius 2 is 1.88 bits per heavy atom. The standard InChI is InChI=1S/C10H10Cl3NO2/c1-16-8-4-2-7(3-5-8)6-14-9(15)10(11,12)13/h2-5H,6H2,1H3,(H,14,15)/p-1. The van der Waals surface area contributed by atoms with E-state index < -0.39 is 9.69 Å². The van der Waals surface area contributed by atoms with Crippen LogP contribution in [0.4, 0.5) is 0 Å². The van der Waals surface area contributed by atoms with Crippen molar-refractivity contribution >= 4 is 40.7 Å². The van der Waals surface area contributed by atoms with Gasteiger partial charge in [0.1, 0.15) is 5.75 Å². The third-order valence-corrected chi connectivity index (χ3v) is 2.29. The molecule has 0 N–H and O–H groups in total. The molecule has 0 bridgehead atoms. The quantitative estimate of drug-likeness (QED) is 0.485. The minimum atomic E-state index is -1.98. The Bertz CT molecular complexity index is 371. The van der Waals surface area contributed by atoms with Gasteiger partial charge in [0.05, 0.1) is 13.7 Å². The second-order valence-corrected chi connectivity index (χ2v) is 5.25. The van der Waals surface area contributed by atoms with Crippen molar-refractivity contribution < 1.29 is 9.84 Å². The molecule has 0 aliphatic carbocycles. The zero-order valence-electron chi connectivity index (χ0n) is 8.41. The van der Waals surface area contributed by atoms with Gasteiger partial charge in [-0.15, -0.1) is 0 Å². The van der Waals surface area contributed by atoms with Crippen molar-refractivity contribution in [3.8, 4) is 5.75 Å². The number of halogens is 3. The van der Waals surface area contributed by atoms with Crippen LogP contribution < -0.4 is 9.84 Å². The Kier molecular flexibility index (Phi) is 4.71. The van der Waals surface area contributed by atoms with Gasteiger partial charge in [-0.25, -0.2) is 0 Å². The first-order chi connectivity index (χ1) is 7.43. The van der Waals surface area contributed by atoms with Crippen LogP contribution in [0.1, 0.15) is 5.56 Å². The van der Waals surface area contributed by atoms with Gasteiger partial charge in [-0.05, 0) is 17.7 Å². The van der Waals surface area contributed by atoms with E-state index in [9.17, 15) is 5.11 Å². The largest absolute Gasteiger partial charge is 0.859 e. The number of hydrogen-bond acceptors (Lipinski definition) is 3. The molecule has 0 fully saturated rings. The maximum absolute atomic E-state index is 11.2. The highest BCUT2D eigenvalue weighted by atomic mass is 35.6. The van der Waals surface area contributed by atoms with Gasteiger partial charge in [-0.2, -0.15) is 0 Å². The van der Waals surface area contributed by atoms with E-state index in [0.29, 0.717) is 0 Å². The van der Waals surface area contributed by atoms with Gasteiger partial charge < -0.3 is 9.84 Å². The van der Waals surface area contributed by atoms with Crippen LogP contribution in [-0.2, 0) is 6.54 Å². The lowest BCUT2D eigenvalue weighted by atomic mass is 10.2. The van der Waals surface area contributed by atoms with Gasteiger partial charge in [0.15, 0.2) is 0 Å². The third kappa shape index (κ3) is 4.08. The van der Waals surface area contributed by atoms with Crippen molar-refractivity contribution in [1.82, 2.24) is 0 Å². The Morgan fingerprint density at radius 3 is 2.31 bits per heavy atom. The van der Waals surface area contributed by atoms with E-state index in [1.807, 2.05) is 0 Å². The number of hydrogen-bond donors (Lipinski definition) is 0. The van der Waals surface area contributed by atoms with Crippen LogP contribution in [0.25, 0.3) is 0 Å². The van der Waals surface area contributed by atoms with E-state index in [1.165, 1.54) is 0 Å². The Balaban J connectivity index is 2.67. The number of alkyl halides is 3. The SMILES string of the molecule is COc1ccc(CN=C([O-])C(Cl)(Cl)Cl)cc1. The smallest absolute Gasteiger partial charge is 0.218 e. The monoisotopic (exact) mass is 280 g/mol. The highest BCUT2D eigenvalue weighted by Gasteiger charge is 2.19. The molecular formula is C10H9Cl3NO2-. The first-order valence-electron chi connectivity index (χ1n) is 4.35. The lowest BCUT2D eigenvalue weighted by Crippen LogP contribution is -2.32. The topological polar surface area (TPSA) is 44.6 Å². The summed E-state index contributed by atoms with van der Waals surface area (Å²) in [5, 5.41) is 11.2. The van der Waals surface area contributed by atoms with Crippen LogP contribution >= 0.6 is 34.8 Å². The van der Waals surface area contributed by atoms with E-state index in [2.05, 4.69) is 4.99 Å². The Morgan fingerprint density at radius 1 is 1.31 bits per heavy atom. The van der Waals surface area contributed by atoms with Gasteiger partial charge in [0.25, 0.3) is 0 Å². The maximum Gasteiger partial charge on any atom is 0.218 e. The zero-order chi connectivity index (χ0) is 12.2. The van der Waals surface area contributed by atoms with Crippen LogP contribution in [0.2, 0.25) is 0 Å². The highest BCUT2D eigenvalue weighted by Crippen LogP contribution is 2.26. The van der Waals surface area contributed by atoms with E-state index in [4.69, 9.17) is 39.5 Å². The van der Waals surface area contributed by atoms with Crippen LogP contribution in [-0.4, -0.2) is 16.8 Å². The average Bonchev–Trinajstić information content (AvgIpc) is 2.25. The van der Waals surface area contributed by atoms with Crippen LogP contribution in [0.15, 0.2) is 29.3 Å². The first-order valence-corrected chi connectivity index (χ1v) is 5.48. The van der Waals surface area contributed by atoms with Crippen molar-refractivity contribution in [2.24, 2.45) is 4.99 Å². The summed E-state index contributed by atoms with van der Waals surface area (Å²) in [5.74, 6) is -0.0372. The van der Waals surface area contributed by atoms with Gasteiger partial charge in [-0.3, -0.25) is 4.99 Å². The van der Waals surface area contributed by atoms with E-state index in [0.717, 1.165) is 11.3 Å². The molecule has 0 spiro atoms. The number of ether oxygens (including phenoxy) is 1. The second kappa shape index (κ2) is 5.62. The average molecular weight is 282 g/mol. The molecule has 0 aliphatic rings. The van der Waals surface area contributed by atoms with Crippen LogP contribution in [0.5, 0.6) is 5.75 Å². The molecule has 0 heterocycles. The Hall–Kier alpha value is -0.640. The van der Waals surface area contributed by atoms with Crippen molar-refractivity contribution in [2.45, 2.75) is 10.3 Å². The molecule has 0 radical (unpaired) electrons. The number of aliphatic imine (C=N–C) groups is 1. The predicted molar refractivity (Wildman–Crippen MR) is 64.4 cm³/mol. The Labute approximate surface area is 109 Å². The molecule has 0 aliphatic heterocycles. The molecular weight excluding hydrogens is 272 g/mol. The predicted octanol–water partition coefficient (Wildman–Crippen LogP) is 2.32. The molecule has 16 heavy (non-hydrogen) atoms. The fourth-order valence-corrected chi connectivity index (χ4v) is 1.16. The number of benzene rings is 1. The summed E-state index contributed by atoms with van der Waals surface area (Å²) < 4.78 is 3.01. The molecule has 0 amide bonds. The van der Waals surface area contributed by atoms with E-state index in [1.54, 1.807) is 31.4 Å². The molecule has 0 atom stereocenters. The molecule has 3 nitrogen and oxygen atoms in total. The third-order valence-electron chi connectivity index (χ3n) is 1.81. The summed E-state index contributed by atoms with van der Waals surface area (Å²) in [6.45, 7) is 0.177. The van der Waals surface area contributed by atoms with Crippen LogP contribution in [0, 0.1) is 0 Å². The summed E-state index contributed by atoms with van der Waals surface area (Å²) in [5.41, 5.74) is 0.836. The van der Waals surface area contributed by atoms with Gasteiger partial charge >= 0.3 is 0 Å². The second-order valence-electron chi connectivity index (χ2n) is 2.97. The summed E-state index contributed by atoms with van der Waals surface area (Å²) in [6.07, 6.45) is 0. The maximum atomic E-state index is 11.2. The van der Waals surface area contributed by atoms with Crippen molar-refractivity contribution in [1.29, 1.82) is 0 Å². The van der Waals surface area contributed by atoms with Crippen LogP contribution in [0.3, 0.4) is 0 Å². The number of rotatable bonds is 3. The molecule has 1 aromatic rings. The lowest BCUT2D eigenvalue weighted by Gasteiger charge is -2.18. The minimum absolute atomic E-state index is 0.177. The summed E-state index contributed by atoms with van der Waals surface area (Å²) in [7, 11) is 1.58. The fraction of sp³-hybridized carbons (Fsp3) is 0.300. The molecule has 88 valence electrons. The van der Waals surface area contributed by atoms with Gasteiger partial charge in [0, 0.05) is 5.90 Å². The van der Waals surface area contributed by atoms with Crippen molar-refractivity contribution in [2.75, 3.05) is 7.11 Å². The normalized spacial score (nSPS) is 12.6. The molecule has 0 aromatic heterocycles. The first kappa shape index (κ1) is 13.4. The highest BCUT2D eigenvalue weighted by molar-refractivity contribution is 6.75. The van der Waals surface area contributed by atoms with Crippen molar-refractivity contribution in [3.63, 3.8) is 0 Å². The van der Waals surface area contributed by atoms with Crippen molar-refractivity contribution in [3.05, 3.63) is 29.8 Å². The number of nitrogens with zero attached hydrogens (tertiary/aromatic N) is 1. The van der Waals surface area contributed by atoms with E-state index in [-0.39, 0.29) is 6.54 Å². The summed E-state index contributed by atoms with van der Waals surface area (Å²) in [6, 6.07) is 7.11. The molecule has 1 aromatic carbocycles. The lowest BCUT2D eigenvalue weighted by molar-refractivity contribution is -0.218. The molecule has 0 saturated heterocycles. The molecule has 6 heteroatoms. The summed E-state index contributed by atoms with van der Waals surface area (Å²) in [4.78, 5) is 3.65. The molecule has 0 saturated carbocycles. The van der Waals surface area contributed by atoms with Gasteiger partial charge in [-0.1, -0.05) is 46.9 Å². The van der Waals surface area contributed by atoms with E-state index >= 15 is 0 Å². The number of methoxy groups -OCH3 is 1. The van der Waals surface area contributed by atoms with Gasteiger partial charge in [0.2, 0.25) is 3.79 Å². The zero-order valence-corrected chi connectivity index (χ0v) is 10.7. The summed E-state index contributed by atoms with van der Waals surface area (Å²) >= 11 is 16.1. The molecule has 0 unspecified atom stereocenters.